The van der Waals surface area contributed by atoms with Crippen LogP contribution in [0, 0.1) is 0 Å². The van der Waals surface area contributed by atoms with E-state index in [9.17, 15) is 4.79 Å². The number of thioether (sulfide) groups is 1. The van der Waals surface area contributed by atoms with E-state index in [1.807, 2.05) is 20.1 Å². The van der Waals surface area contributed by atoms with Crippen LogP contribution in [0.3, 0.4) is 0 Å². The summed E-state index contributed by atoms with van der Waals surface area (Å²) in [5.41, 5.74) is 5.91. The van der Waals surface area contributed by atoms with Gasteiger partial charge in [0.15, 0.2) is 16.7 Å². The van der Waals surface area contributed by atoms with Gasteiger partial charge in [0, 0.05) is 11.6 Å². The predicted octanol–water partition coefficient (Wildman–Crippen LogP) is 1.78. The molecule has 7 heteroatoms. The zero-order valence-electron chi connectivity index (χ0n) is 11.6. The van der Waals surface area contributed by atoms with Gasteiger partial charge in [-0.25, -0.2) is 0 Å². The molecule has 0 atom stereocenters. The van der Waals surface area contributed by atoms with Gasteiger partial charge in [-0.15, -0.1) is 0 Å². The van der Waals surface area contributed by atoms with Gasteiger partial charge < -0.3 is 9.47 Å². The number of hydrogen-bond donors (Lipinski definition) is 2. The second-order valence-electron chi connectivity index (χ2n) is 4.38. The number of carbonyl (C=O) groups is 1. The molecular weight excluding hydrogens is 278 g/mol. The molecule has 1 amide bonds. The number of fused-ring (bicyclic) bond motifs is 1. The molecule has 20 heavy (non-hydrogen) atoms. The molecule has 0 aromatic heterocycles. The molecule has 2 rings (SSSR count). The van der Waals surface area contributed by atoms with Crippen LogP contribution in [0.15, 0.2) is 23.2 Å². The molecule has 1 aliphatic rings. The van der Waals surface area contributed by atoms with Gasteiger partial charge in [0.05, 0.1) is 0 Å². The Balaban J connectivity index is 1.98. The average molecular weight is 295 g/mol. The summed E-state index contributed by atoms with van der Waals surface area (Å²) in [7, 11) is 0. The van der Waals surface area contributed by atoms with E-state index in [0.717, 1.165) is 0 Å². The molecule has 108 valence electrons. The van der Waals surface area contributed by atoms with Crippen LogP contribution in [-0.2, 0) is 0 Å². The number of nitrogens with one attached hydrogen (secondary N) is 2. The largest absolute Gasteiger partial charge is 0.454 e. The summed E-state index contributed by atoms with van der Waals surface area (Å²) in [6.45, 7) is 4.13. The molecule has 0 spiro atoms. The summed E-state index contributed by atoms with van der Waals surface area (Å²) < 4.78 is 10.4. The second kappa shape index (κ2) is 6.51. The fourth-order valence-corrected chi connectivity index (χ4v) is 2.06. The van der Waals surface area contributed by atoms with Crippen molar-refractivity contribution in [3.05, 3.63) is 23.8 Å². The molecule has 0 saturated carbocycles. The van der Waals surface area contributed by atoms with Crippen LogP contribution in [0.4, 0.5) is 0 Å². The van der Waals surface area contributed by atoms with Crippen molar-refractivity contribution in [3.8, 4) is 11.5 Å². The van der Waals surface area contributed by atoms with Gasteiger partial charge in [-0.05, 0) is 38.3 Å². The van der Waals surface area contributed by atoms with Crippen LogP contribution in [0.2, 0.25) is 0 Å². The van der Waals surface area contributed by atoms with Gasteiger partial charge in [0.2, 0.25) is 6.79 Å². The molecule has 1 heterocycles. The normalized spacial score (nSPS) is 13.5. The highest BCUT2D eigenvalue weighted by molar-refractivity contribution is 8.13. The number of benzene rings is 1. The summed E-state index contributed by atoms with van der Waals surface area (Å²) >= 11 is 1.44. The quantitative estimate of drug-likeness (QED) is 0.494. The van der Waals surface area contributed by atoms with Crippen LogP contribution in [0.5, 0.6) is 11.5 Å². The van der Waals surface area contributed by atoms with E-state index < -0.39 is 0 Å². The summed E-state index contributed by atoms with van der Waals surface area (Å²) in [5.74, 6) is 0.980. The maximum absolute atomic E-state index is 12.0. The topological polar surface area (TPSA) is 72.0 Å². The van der Waals surface area contributed by atoms with Crippen molar-refractivity contribution < 1.29 is 14.3 Å². The second-order valence-corrected chi connectivity index (χ2v) is 5.17. The predicted molar refractivity (Wildman–Crippen MR) is 79.3 cm³/mol. The number of aliphatic imine (C=N–C) groups is 1. The number of amides is 1. The first kappa shape index (κ1) is 14.5. The van der Waals surface area contributed by atoms with Crippen LogP contribution in [-0.4, -0.2) is 30.2 Å². The number of hydrogen-bond acceptors (Lipinski definition) is 5. The summed E-state index contributed by atoms with van der Waals surface area (Å²) in [4.78, 5) is 16.3. The Kier molecular flexibility index (Phi) is 4.73. The van der Waals surface area contributed by atoms with Crippen molar-refractivity contribution in [2.24, 2.45) is 4.99 Å². The molecule has 0 radical (unpaired) electrons. The van der Waals surface area contributed by atoms with Gasteiger partial charge in [-0.1, -0.05) is 11.8 Å². The van der Waals surface area contributed by atoms with E-state index in [1.54, 1.807) is 18.2 Å². The summed E-state index contributed by atoms with van der Waals surface area (Å²) in [5, 5.41) is 0.661. The highest BCUT2D eigenvalue weighted by Gasteiger charge is 2.16. The van der Waals surface area contributed by atoms with Crippen molar-refractivity contribution in [2.75, 3.05) is 13.0 Å². The summed E-state index contributed by atoms with van der Waals surface area (Å²) in [6.07, 6.45) is 1.89. The Morgan fingerprint density at radius 1 is 1.30 bits per heavy atom. The number of rotatable bonds is 2. The minimum absolute atomic E-state index is 0.160. The zero-order chi connectivity index (χ0) is 14.5. The molecule has 1 aromatic carbocycles. The Morgan fingerprint density at radius 3 is 2.75 bits per heavy atom. The Bertz CT molecular complexity index is 532. The summed E-state index contributed by atoms with van der Waals surface area (Å²) in [6, 6.07) is 5.21. The molecule has 0 saturated heterocycles. The number of nitrogens with zero attached hydrogens (tertiary/aromatic N) is 1. The van der Waals surface area contributed by atoms with Gasteiger partial charge in [0.25, 0.3) is 5.91 Å². The van der Waals surface area contributed by atoms with Crippen LogP contribution in [0.1, 0.15) is 24.2 Å². The van der Waals surface area contributed by atoms with Crippen molar-refractivity contribution in [2.45, 2.75) is 19.9 Å². The van der Waals surface area contributed by atoms with Crippen molar-refractivity contribution in [1.82, 2.24) is 10.9 Å². The van der Waals surface area contributed by atoms with E-state index in [-0.39, 0.29) is 18.7 Å². The minimum atomic E-state index is -0.256. The van der Waals surface area contributed by atoms with Gasteiger partial charge >= 0.3 is 0 Å². The van der Waals surface area contributed by atoms with Crippen LogP contribution >= 0.6 is 11.8 Å². The molecule has 0 fully saturated rings. The fourth-order valence-electron chi connectivity index (χ4n) is 1.59. The molecule has 6 nitrogen and oxygen atoms in total. The number of amidine groups is 1. The maximum atomic E-state index is 12.0. The minimum Gasteiger partial charge on any atom is -0.454 e. The zero-order valence-corrected chi connectivity index (χ0v) is 12.4. The SMILES string of the molecule is CSC(=NC(C)C)NNC(=O)c1ccc2c(c1)OCO2. The van der Waals surface area contributed by atoms with Crippen molar-refractivity contribution >= 4 is 22.8 Å². The first-order valence-electron chi connectivity index (χ1n) is 6.18. The lowest BCUT2D eigenvalue weighted by molar-refractivity contribution is 0.0944. The van der Waals surface area contributed by atoms with E-state index in [2.05, 4.69) is 15.8 Å². The first-order valence-corrected chi connectivity index (χ1v) is 7.40. The Labute approximate surface area is 121 Å². The van der Waals surface area contributed by atoms with Crippen molar-refractivity contribution in [3.63, 3.8) is 0 Å². The molecule has 2 N–H and O–H groups in total. The molecular formula is C13H17N3O3S. The lowest BCUT2D eigenvalue weighted by Crippen LogP contribution is -2.40. The van der Waals surface area contributed by atoms with E-state index >= 15 is 0 Å². The van der Waals surface area contributed by atoms with E-state index in [0.29, 0.717) is 22.2 Å². The highest BCUT2D eigenvalue weighted by Crippen LogP contribution is 2.32. The van der Waals surface area contributed by atoms with Crippen LogP contribution in [0.25, 0.3) is 0 Å². The van der Waals surface area contributed by atoms with E-state index in [4.69, 9.17) is 9.47 Å². The standard InChI is InChI=1S/C13H17N3O3S/c1-8(2)14-13(20-3)16-15-12(17)9-4-5-10-11(6-9)19-7-18-10/h4-6,8H,7H2,1-3H3,(H,14,16)(H,15,17). The van der Waals surface area contributed by atoms with Gasteiger partial charge in [-0.3, -0.25) is 20.6 Å². The molecule has 0 aliphatic carbocycles. The van der Waals surface area contributed by atoms with Crippen LogP contribution < -0.4 is 20.3 Å². The monoisotopic (exact) mass is 295 g/mol. The fraction of sp³-hybridized carbons (Fsp3) is 0.385. The first-order chi connectivity index (χ1) is 9.60. The lowest BCUT2D eigenvalue weighted by atomic mass is 10.2. The number of hydrazine groups is 1. The molecule has 1 aromatic rings. The van der Waals surface area contributed by atoms with Gasteiger partial charge in [0.1, 0.15) is 0 Å². The highest BCUT2D eigenvalue weighted by atomic mass is 32.2. The smallest absolute Gasteiger partial charge is 0.269 e. The lowest BCUT2D eigenvalue weighted by Gasteiger charge is -2.10. The Hall–Kier alpha value is -1.89. The molecule has 0 bridgehead atoms. The number of carbonyl (C=O) groups excluding carboxylic acids is 1. The molecule has 0 unspecified atom stereocenters. The van der Waals surface area contributed by atoms with Crippen molar-refractivity contribution in [1.29, 1.82) is 0 Å². The number of ether oxygens (including phenoxy) is 2. The average Bonchev–Trinajstić information content (AvgIpc) is 2.89. The third kappa shape index (κ3) is 3.57. The Morgan fingerprint density at radius 2 is 2.05 bits per heavy atom. The third-order valence-electron chi connectivity index (χ3n) is 2.49. The third-order valence-corrected chi connectivity index (χ3v) is 3.08. The van der Waals surface area contributed by atoms with E-state index in [1.165, 1.54) is 11.8 Å². The van der Waals surface area contributed by atoms with Gasteiger partial charge in [-0.2, -0.15) is 0 Å². The molecule has 1 aliphatic heterocycles. The maximum Gasteiger partial charge on any atom is 0.269 e.